The Kier molecular flexibility index (Phi) is 8.51. The maximum absolute atomic E-state index is 13.0. The van der Waals surface area contributed by atoms with Crippen LogP contribution in [0.1, 0.15) is 24.5 Å². The van der Waals surface area contributed by atoms with Crippen LogP contribution in [0.4, 0.5) is 0 Å². The van der Waals surface area contributed by atoms with E-state index in [0.717, 1.165) is 15.6 Å². The predicted molar refractivity (Wildman–Crippen MR) is 116 cm³/mol. The fraction of sp³-hybridized carbons (Fsp3) is 0.364. The molecule has 7 heteroatoms. The summed E-state index contributed by atoms with van der Waals surface area (Å²) in [5.41, 5.74) is 1.93. The summed E-state index contributed by atoms with van der Waals surface area (Å²) in [7, 11) is 4.74. The second kappa shape index (κ2) is 10.9. The Balaban J connectivity index is 2.14. The standard InChI is InChI=1S/C22H27BrN2O4/c1-15(22(27)24-2)25(14-17-5-9-18(23)10-6-17)21(26)12-8-16-7-11-19(28-3)20(13-16)29-4/h5-7,9-11,13,15H,8,12,14H2,1-4H3,(H,24,27)/t15-/m1/s1. The number of aryl methyl sites for hydroxylation is 1. The highest BCUT2D eigenvalue weighted by Gasteiger charge is 2.25. The molecule has 0 heterocycles. The smallest absolute Gasteiger partial charge is 0.242 e. The zero-order chi connectivity index (χ0) is 21.4. The van der Waals surface area contributed by atoms with E-state index < -0.39 is 6.04 Å². The van der Waals surface area contributed by atoms with Crippen LogP contribution in [0.5, 0.6) is 11.5 Å². The molecule has 0 radical (unpaired) electrons. The maximum atomic E-state index is 13.0. The van der Waals surface area contributed by atoms with Gasteiger partial charge in [-0.1, -0.05) is 34.1 Å². The van der Waals surface area contributed by atoms with Gasteiger partial charge in [-0.15, -0.1) is 0 Å². The molecule has 2 amide bonds. The quantitative estimate of drug-likeness (QED) is 0.618. The Hall–Kier alpha value is -2.54. The van der Waals surface area contributed by atoms with Crippen LogP contribution in [0, 0.1) is 0 Å². The number of amides is 2. The molecule has 2 aromatic carbocycles. The average molecular weight is 463 g/mol. The molecule has 0 saturated carbocycles. The number of carbonyl (C=O) groups excluding carboxylic acids is 2. The van der Waals surface area contributed by atoms with Crippen LogP contribution in [0.3, 0.4) is 0 Å². The highest BCUT2D eigenvalue weighted by molar-refractivity contribution is 9.10. The number of rotatable bonds is 9. The van der Waals surface area contributed by atoms with Crippen LogP contribution in [0.2, 0.25) is 0 Å². The molecule has 156 valence electrons. The van der Waals surface area contributed by atoms with Crippen molar-refractivity contribution in [2.24, 2.45) is 0 Å². The van der Waals surface area contributed by atoms with Gasteiger partial charge in [0.2, 0.25) is 11.8 Å². The molecular weight excluding hydrogens is 436 g/mol. The molecule has 2 rings (SSSR count). The van der Waals surface area contributed by atoms with E-state index >= 15 is 0 Å². The molecule has 2 aromatic rings. The van der Waals surface area contributed by atoms with E-state index in [-0.39, 0.29) is 18.2 Å². The number of likely N-dealkylation sites (N-methyl/N-ethyl adjacent to an activating group) is 1. The van der Waals surface area contributed by atoms with Gasteiger partial charge in [-0.25, -0.2) is 0 Å². The maximum Gasteiger partial charge on any atom is 0.242 e. The Morgan fingerprint density at radius 1 is 1.03 bits per heavy atom. The SMILES string of the molecule is CNC(=O)[C@@H](C)N(Cc1ccc(Br)cc1)C(=O)CCc1ccc(OC)c(OC)c1. The van der Waals surface area contributed by atoms with Crippen molar-refractivity contribution in [1.29, 1.82) is 0 Å². The van der Waals surface area contributed by atoms with Gasteiger partial charge in [0.05, 0.1) is 14.2 Å². The average Bonchev–Trinajstić information content (AvgIpc) is 2.75. The van der Waals surface area contributed by atoms with Gasteiger partial charge in [0.1, 0.15) is 6.04 Å². The highest BCUT2D eigenvalue weighted by atomic mass is 79.9. The van der Waals surface area contributed by atoms with E-state index in [2.05, 4.69) is 21.2 Å². The van der Waals surface area contributed by atoms with Crippen LogP contribution in [0.15, 0.2) is 46.9 Å². The molecule has 0 aliphatic heterocycles. The molecule has 1 atom stereocenters. The summed E-state index contributed by atoms with van der Waals surface area (Å²) in [6.45, 7) is 2.11. The summed E-state index contributed by atoms with van der Waals surface area (Å²) in [6.07, 6.45) is 0.823. The number of methoxy groups -OCH3 is 2. The first-order chi connectivity index (χ1) is 13.9. The first kappa shape index (κ1) is 22.7. The topological polar surface area (TPSA) is 67.9 Å². The van der Waals surface area contributed by atoms with Gasteiger partial charge >= 0.3 is 0 Å². The van der Waals surface area contributed by atoms with E-state index in [1.807, 2.05) is 42.5 Å². The lowest BCUT2D eigenvalue weighted by molar-refractivity contribution is -0.140. The molecule has 6 nitrogen and oxygen atoms in total. The minimum Gasteiger partial charge on any atom is -0.493 e. The van der Waals surface area contributed by atoms with E-state index in [4.69, 9.17) is 9.47 Å². The van der Waals surface area contributed by atoms with E-state index in [1.165, 1.54) is 0 Å². The largest absolute Gasteiger partial charge is 0.493 e. The van der Waals surface area contributed by atoms with Crippen LogP contribution < -0.4 is 14.8 Å². The second-order valence-electron chi connectivity index (χ2n) is 6.63. The number of nitrogens with one attached hydrogen (secondary N) is 1. The van der Waals surface area contributed by atoms with Gasteiger partial charge in [0.25, 0.3) is 0 Å². The van der Waals surface area contributed by atoms with Crippen LogP contribution in [-0.4, -0.2) is 44.0 Å². The highest BCUT2D eigenvalue weighted by Crippen LogP contribution is 2.28. The summed E-state index contributed by atoms with van der Waals surface area (Å²) in [5, 5.41) is 2.63. The fourth-order valence-electron chi connectivity index (χ4n) is 3.01. The summed E-state index contributed by atoms with van der Waals surface area (Å²) >= 11 is 3.41. The van der Waals surface area contributed by atoms with Gasteiger partial charge in [-0.2, -0.15) is 0 Å². The molecule has 0 spiro atoms. The molecule has 0 aliphatic carbocycles. The van der Waals surface area contributed by atoms with Gasteiger partial charge in [-0.3, -0.25) is 9.59 Å². The molecule has 0 unspecified atom stereocenters. The molecule has 29 heavy (non-hydrogen) atoms. The summed E-state index contributed by atoms with van der Waals surface area (Å²) in [4.78, 5) is 26.8. The van der Waals surface area contributed by atoms with E-state index in [0.29, 0.717) is 24.5 Å². The Labute approximate surface area is 180 Å². The summed E-state index contributed by atoms with van der Waals surface area (Å²) < 4.78 is 11.5. The van der Waals surface area contributed by atoms with Crippen molar-refractivity contribution >= 4 is 27.7 Å². The number of benzene rings is 2. The van der Waals surface area contributed by atoms with Gasteiger partial charge in [0.15, 0.2) is 11.5 Å². The second-order valence-corrected chi connectivity index (χ2v) is 7.54. The van der Waals surface area contributed by atoms with Crippen molar-refractivity contribution in [3.8, 4) is 11.5 Å². The van der Waals surface area contributed by atoms with Crippen LogP contribution in [0.25, 0.3) is 0 Å². The minimum atomic E-state index is -0.568. The lowest BCUT2D eigenvalue weighted by Gasteiger charge is -2.28. The number of hydrogen-bond donors (Lipinski definition) is 1. The molecule has 0 fully saturated rings. The normalized spacial score (nSPS) is 11.5. The van der Waals surface area contributed by atoms with Gasteiger partial charge < -0.3 is 19.7 Å². The molecular formula is C22H27BrN2O4. The lowest BCUT2D eigenvalue weighted by atomic mass is 10.1. The lowest BCUT2D eigenvalue weighted by Crippen LogP contribution is -2.46. The zero-order valence-corrected chi connectivity index (χ0v) is 18.8. The van der Waals surface area contributed by atoms with Crippen molar-refractivity contribution < 1.29 is 19.1 Å². The molecule has 0 saturated heterocycles. The molecule has 1 N–H and O–H groups in total. The predicted octanol–water partition coefficient (Wildman–Crippen LogP) is 3.56. The van der Waals surface area contributed by atoms with Crippen LogP contribution >= 0.6 is 15.9 Å². The summed E-state index contributed by atoms with van der Waals surface area (Å²) in [5.74, 6) is 0.996. The number of carbonyl (C=O) groups is 2. The number of nitrogens with zero attached hydrogens (tertiary/aromatic N) is 1. The first-order valence-electron chi connectivity index (χ1n) is 9.36. The third-order valence-electron chi connectivity index (χ3n) is 4.76. The third-order valence-corrected chi connectivity index (χ3v) is 5.28. The number of ether oxygens (including phenoxy) is 2. The van der Waals surface area contributed by atoms with Gasteiger partial charge in [-0.05, 0) is 48.7 Å². The van der Waals surface area contributed by atoms with Crippen molar-refractivity contribution in [3.63, 3.8) is 0 Å². The van der Waals surface area contributed by atoms with Crippen molar-refractivity contribution in [2.75, 3.05) is 21.3 Å². The van der Waals surface area contributed by atoms with E-state index in [1.54, 1.807) is 33.1 Å². The van der Waals surface area contributed by atoms with Crippen molar-refractivity contribution in [1.82, 2.24) is 10.2 Å². The molecule has 0 aromatic heterocycles. The van der Waals surface area contributed by atoms with Crippen molar-refractivity contribution in [3.05, 3.63) is 58.1 Å². The number of halogens is 1. The Bertz CT molecular complexity index is 839. The third kappa shape index (κ3) is 6.22. The van der Waals surface area contributed by atoms with Crippen LogP contribution in [-0.2, 0) is 22.6 Å². The summed E-state index contributed by atoms with van der Waals surface area (Å²) in [6, 6.07) is 12.8. The Morgan fingerprint density at radius 3 is 2.24 bits per heavy atom. The minimum absolute atomic E-state index is 0.0844. The fourth-order valence-corrected chi connectivity index (χ4v) is 3.27. The van der Waals surface area contributed by atoms with E-state index in [9.17, 15) is 9.59 Å². The Morgan fingerprint density at radius 2 is 1.66 bits per heavy atom. The molecule has 0 aliphatic rings. The zero-order valence-electron chi connectivity index (χ0n) is 17.2. The molecule has 0 bridgehead atoms. The number of hydrogen-bond acceptors (Lipinski definition) is 4. The first-order valence-corrected chi connectivity index (χ1v) is 10.1. The van der Waals surface area contributed by atoms with Crippen molar-refractivity contribution in [2.45, 2.75) is 32.4 Å². The monoisotopic (exact) mass is 462 g/mol. The van der Waals surface area contributed by atoms with Gasteiger partial charge in [0, 0.05) is 24.5 Å².